The molecule has 154 valence electrons. The lowest BCUT2D eigenvalue weighted by Crippen LogP contribution is -2.25. The molecule has 3 rings (SSSR count). The van der Waals surface area contributed by atoms with Crippen LogP contribution < -0.4 is 14.8 Å². The van der Waals surface area contributed by atoms with Gasteiger partial charge in [-0.3, -0.25) is 4.79 Å². The zero-order valence-electron chi connectivity index (χ0n) is 15.7. The average Bonchev–Trinajstić information content (AvgIpc) is 2.95. The van der Waals surface area contributed by atoms with E-state index in [1.807, 2.05) is 26.0 Å². The van der Waals surface area contributed by atoms with Gasteiger partial charge in [0.15, 0.2) is 24.7 Å². The van der Waals surface area contributed by atoms with Crippen LogP contribution in [0.4, 0.5) is 5.69 Å². The van der Waals surface area contributed by atoms with Crippen molar-refractivity contribution >= 4 is 52.4 Å². The second-order valence-corrected chi connectivity index (χ2v) is 8.28. The van der Waals surface area contributed by atoms with Gasteiger partial charge in [-0.1, -0.05) is 46.9 Å². The third-order valence-corrected chi connectivity index (χ3v) is 4.85. The summed E-state index contributed by atoms with van der Waals surface area (Å²) in [7, 11) is 0. The molecule has 1 amide bonds. The average molecular weight is 459 g/mol. The van der Waals surface area contributed by atoms with E-state index in [-0.39, 0.29) is 27.9 Å². The minimum atomic E-state index is -0.705. The molecule has 1 aliphatic rings. The SMILES string of the molecule is CC1(C)Cc2cccc(OCC(=O)OCC(=O)Nc3c(Cl)cc(Cl)cc3Cl)c2O1. The molecule has 0 bridgehead atoms. The van der Waals surface area contributed by atoms with Crippen LogP contribution in [0.5, 0.6) is 11.5 Å². The monoisotopic (exact) mass is 457 g/mol. The second kappa shape index (κ2) is 8.69. The van der Waals surface area contributed by atoms with Gasteiger partial charge in [-0.2, -0.15) is 0 Å². The van der Waals surface area contributed by atoms with Crippen molar-refractivity contribution in [2.75, 3.05) is 18.5 Å². The number of ether oxygens (including phenoxy) is 3. The highest BCUT2D eigenvalue weighted by atomic mass is 35.5. The normalized spacial score (nSPS) is 14.0. The van der Waals surface area contributed by atoms with Gasteiger partial charge in [0, 0.05) is 17.0 Å². The van der Waals surface area contributed by atoms with E-state index in [4.69, 9.17) is 49.0 Å². The lowest BCUT2D eigenvalue weighted by Gasteiger charge is -2.18. The molecule has 6 nitrogen and oxygen atoms in total. The molecule has 0 spiro atoms. The molecule has 1 N–H and O–H groups in total. The van der Waals surface area contributed by atoms with Crippen molar-refractivity contribution in [1.82, 2.24) is 0 Å². The standard InChI is InChI=1S/C20H18Cl3NO5/c1-20(2)8-11-4-3-5-15(19(11)29-20)27-10-17(26)28-9-16(25)24-18-13(22)6-12(21)7-14(18)23/h3-7H,8-10H2,1-2H3,(H,24,25). The molecule has 0 unspecified atom stereocenters. The van der Waals surface area contributed by atoms with Gasteiger partial charge < -0.3 is 19.5 Å². The maximum Gasteiger partial charge on any atom is 0.344 e. The number of rotatable bonds is 6. The highest BCUT2D eigenvalue weighted by Gasteiger charge is 2.32. The molecular formula is C20H18Cl3NO5. The molecule has 0 saturated carbocycles. The third-order valence-electron chi connectivity index (χ3n) is 4.04. The number of carbonyl (C=O) groups is 2. The summed E-state index contributed by atoms with van der Waals surface area (Å²) in [6.45, 7) is 3.07. The fourth-order valence-electron chi connectivity index (χ4n) is 2.86. The van der Waals surface area contributed by atoms with E-state index in [9.17, 15) is 9.59 Å². The number of amides is 1. The molecule has 2 aromatic carbocycles. The molecule has 0 aromatic heterocycles. The molecule has 1 aliphatic heterocycles. The molecule has 0 fully saturated rings. The Balaban J connectivity index is 1.50. The van der Waals surface area contributed by atoms with Crippen LogP contribution in [0.15, 0.2) is 30.3 Å². The Bertz CT molecular complexity index is 938. The zero-order valence-corrected chi connectivity index (χ0v) is 18.0. The van der Waals surface area contributed by atoms with Gasteiger partial charge in [-0.25, -0.2) is 4.79 Å². The van der Waals surface area contributed by atoms with E-state index < -0.39 is 18.5 Å². The Morgan fingerprint density at radius 1 is 1.14 bits per heavy atom. The van der Waals surface area contributed by atoms with Crippen molar-refractivity contribution in [1.29, 1.82) is 0 Å². The first-order chi connectivity index (χ1) is 13.6. The van der Waals surface area contributed by atoms with Crippen molar-refractivity contribution in [2.24, 2.45) is 0 Å². The summed E-state index contributed by atoms with van der Waals surface area (Å²) in [6, 6.07) is 8.37. The molecule has 9 heteroatoms. The Kier molecular flexibility index (Phi) is 6.46. The van der Waals surface area contributed by atoms with Gasteiger partial charge in [0.05, 0.1) is 15.7 Å². The fraction of sp³-hybridized carbons (Fsp3) is 0.300. The van der Waals surface area contributed by atoms with Crippen LogP contribution in [0.2, 0.25) is 15.1 Å². The first-order valence-electron chi connectivity index (χ1n) is 8.68. The van der Waals surface area contributed by atoms with E-state index >= 15 is 0 Å². The van der Waals surface area contributed by atoms with Crippen LogP contribution in [0.25, 0.3) is 0 Å². The Morgan fingerprint density at radius 2 is 1.83 bits per heavy atom. The Labute approximate surface area is 183 Å². The zero-order chi connectivity index (χ0) is 21.2. The highest BCUT2D eigenvalue weighted by molar-refractivity contribution is 6.42. The number of para-hydroxylation sites is 1. The lowest BCUT2D eigenvalue weighted by molar-refractivity contribution is -0.149. The van der Waals surface area contributed by atoms with E-state index in [0.29, 0.717) is 16.5 Å². The number of esters is 1. The van der Waals surface area contributed by atoms with Crippen LogP contribution >= 0.6 is 34.8 Å². The maximum atomic E-state index is 12.0. The van der Waals surface area contributed by atoms with Crippen molar-refractivity contribution < 1.29 is 23.8 Å². The van der Waals surface area contributed by atoms with E-state index in [0.717, 1.165) is 12.0 Å². The molecule has 29 heavy (non-hydrogen) atoms. The van der Waals surface area contributed by atoms with Crippen molar-refractivity contribution in [3.63, 3.8) is 0 Å². The number of hydrogen-bond acceptors (Lipinski definition) is 5. The Morgan fingerprint density at radius 3 is 2.52 bits per heavy atom. The molecule has 1 heterocycles. The smallest absolute Gasteiger partial charge is 0.344 e. The maximum absolute atomic E-state index is 12.0. The summed E-state index contributed by atoms with van der Waals surface area (Å²) in [5, 5.41) is 3.16. The highest BCUT2D eigenvalue weighted by Crippen LogP contribution is 2.41. The fourth-order valence-corrected chi connectivity index (χ4v) is 3.77. The van der Waals surface area contributed by atoms with Gasteiger partial charge >= 0.3 is 5.97 Å². The number of benzene rings is 2. The topological polar surface area (TPSA) is 73.9 Å². The quantitative estimate of drug-likeness (QED) is 0.622. The summed E-state index contributed by atoms with van der Waals surface area (Å²) in [4.78, 5) is 23.9. The van der Waals surface area contributed by atoms with Gasteiger partial charge in [0.2, 0.25) is 0 Å². The Hall–Kier alpha value is -2.15. The second-order valence-electron chi connectivity index (χ2n) is 7.02. The lowest BCUT2D eigenvalue weighted by atomic mass is 10.0. The van der Waals surface area contributed by atoms with Gasteiger partial charge in [-0.15, -0.1) is 0 Å². The van der Waals surface area contributed by atoms with Crippen molar-refractivity contribution in [3.8, 4) is 11.5 Å². The van der Waals surface area contributed by atoms with Gasteiger partial charge in [0.1, 0.15) is 5.60 Å². The number of hydrogen-bond donors (Lipinski definition) is 1. The van der Waals surface area contributed by atoms with Crippen molar-refractivity contribution in [3.05, 3.63) is 51.0 Å². The predicted octanol–water partition coefficient (Wildman–Crippen LogP) is 4.92. The number of halogens is 3. The summed E-state index contributed by atoms with van der Waals surface area (Å²) in [5.41, 5.74) is 0.872. The number of nitrogens with one attached hydrogen (secondary N) is 1. The molecule has 2 aromatic rings. The summed E-state index contributed by atoms with van der Waals surface area (Å²) >= 11 is 17.8. The summed E-state index contributed by atoms with van der Waals surface area (Å²) in [6.07, 6.45) is 0.750. The largest absolute Gasteiger partial charge is 0.483 e. The van der Waals surface area contributed by atoms with Gasteiger partial charge in [-0.05, 0) is 32.0 Å². The number of anilines is 1. The number of carbonyl (C=O) groups excluding carboxylic acids is 2. The molecule has 0 aliphatic carbocycles. The van der Waals surface area contributed by atoms with E-state index in [1.165, 1.54) is 12.1 Å². The predicted molar refractivity (Wildman–Crippen MR) is 111 cm³/mol. The summed E-state index contributed by atoms with van der Waals surface area (Å²) in [5.74, 6) is -0.234. The molecular weight excluding hydrogens is 441 g/mol. The van der Waals surface area contributed by atoms with Gasteiger partial charge in [0.25, 0.3) is 5.91 Å². The number of fused-ring (bicyclic) bond motifs is 1. The van der Waals surface area contributed by atoms with Crippen LogP contribution in [0, 0.1) is 0 Å². The minimum absolute atomic E-state index is 0.173. The summed E-state index contributed by atoms with van der Waals surface area (Å²) < 4.78 is 16.3. The first-order valence-corrected chi connectivity index (χ1v) is 9.82. The third kappa shape index (κ3) is 5.47. The molecule has 0 atom stereocenters. The minimum Gasteiger partial charge on any atom is -0.483 e. The van der Waals surface area contributed by atoms with Crippen LogP contribution in [0.1, 0.15) is 19.4 Å². The van der Waals surface area contributed by atoms with Crippen molar-refractivity contribution in [2.45, 2.75) is 25.9 Å². The molecule has 0 radical (unpaired) electrons. The first kappa shape index (κ1) is 21.6. The van der Waals surface area contributed by atoms with Crippen LogP contribution in [0.3, 0.4) is 0 Å². The molecule has 0 saturated heterocycles. The van der Waals surface area contributed by atoms with E-state index in [2.05, 4.69) is 5.32 Å². The van der Waals surface area contributed by atoms with E-state index in [1.54, 1.807) is 6.07 Å². The van der Waals surface area contributed by atoms with Crippen LogP contribution in [-0.2, 0) is 20.7 Å². The van der Waals surface area contributed by atoms with Crippen LogP contribution in [-0.4, -0.2) is 30.7 Å².